The summed E-state index contributed by atoms with van der Waals surface area (Å²) in [6.45, 7) is 8.65. The van der Waals surface area contributed by atoms with Crippen molar-refractivity contribution in [1.82, 2.24) is 25.8 Å². The predicted octanol–water partition coefficient (Wildman–Crippen LogP) is 0.395. The molecule has 0 radical (unpaired) electrons. The highest BCUT2D eigenvalue weighted by molar-refractivity contribution is 6.01. The fourth-order valence-electron chi connectivity index (χ4n) is 4.43. The van der Waals surface area contributed by atoms with E-state index in [1.165, 1.54) is 4.90 Å². The van der Waals surface area contributed by atoms with Gasteiger partial charge in [0.15, 0.2) is 0 Å². The van der Waals surface area contributed by atoms with E-state index in [4.69, 9.17) is 9.47 Å². The van der Waals surface area contributed by atoms with Gasteiger partial charge in [-0.2, -0.15) is 0 Å². The van der Waals surface area contributed by atoms with Gasteiger partial charge in [-0.1, -0.05) is 32.4 Å². The van der Waals surface area contributed by atoms with Crippen molar-refractivity contribution in [3.05, 3.63) is 29.8 Å². The number of hydrogen-bond acceptors (Lipinski definition) is 7. The zero-order valence-corrected chi connectivity index (χ0v) is 22.7. The van der Waals surface area contributed by atoms with E-state index >= 15 is 0 Å². The predicted molar refractivity (Wildman–Crippen MR) is 142 cm³/mol. The van der Waals surface area contributed by atoms with Crippen LogP contribution in [0, 0.1) is 5.92 Å². The highest BCUT2D eigenvalue weighted by Gasteiger charge is 2.32. The second kappa shape index (κ2) is 14.7. The monoisotopic (exact) mass is 531 g/mol. The number of benzene rings is 1. The molecule has 0 bridgehead atoms. The van der Waals surface area contributed by atoms with Crippen LogP contribution in [-0.4, -0.2) is 105 Å². The molecular formula is C27H41N5O6. The van der Waals surface area contributed by atoms with Crippen LogP contribution in [0.1, 0.15) is 43.5 Å². The molecule has 0 aliphatic carbocycles. The summed E-state index contributed by atoms with van der Waals surface area (Å²) in [7, 11) is 1.66. The molecule has 0 saturated carbocycles. The Balaban J connectivity index is 1.75. The molecule has 2 heterocycles. The molecule has 11 heteroatoms. The molecule has 1 fully saturated rings. The van der Waals surface area contributed by atoms with Gasteiger partial charge in [-0.05, 0) is 31.0 Å². The molecule has 0 spiro atoms. The Labute approximate surface area is 224 Å². The van der Waals surface area contributed by atoms with Crippen LogP contribution in [0.2, 0.25) is 0 Å². The first-order chi connectivity index (χ1) is 18.3. The maximum atomic E-state index is 13.2. The summed E-state index contributed by atoms with van der Waals surface area (Å²) >= 11 is 0. The molecule has 1 saturated heterocycles. The Hall–Kier alpha value is -3.18. The van der Waals surface area contributed by atoms with Crippen molar-refractivity contribution in [2.75, 3.05) is 59.6 Å². The maximum Gasteiger partial charge on any atom is 0.255 e. The molecule has 3 rings (SSSR count). The Bertz CT molecular complexity index is 967. The third-order valence-electron chi connectivity index (χ3n) is 7.05. The number of fused-ring (bicyclic) bond motifs is 1. The molecule has 11 nitrogen and oxygen atoms in total. The number of nitrogens with zero attached hydrogens (tertiary/aromatic N) is 2. The van der Waals surface area contributed by atoms with Crippen LogP contribution >= 0.6 is 0 Å². The Morgan fingerprint density at radius 2 is 1.84 bits per heavy atom. The highest BCUT2D eigenvalue weighted by atomic mass is 16.5. The van der Waals surface area contributed by atoms with Crippen molar-refractivity contribution >= 4 is 23.6 Å². The Morgan fingerprint density at radius 1 is 1.11 bits per heavy atom. The smallest absolute Gasteiger partial charge is 0.255 e. The van der Waals surface area contributed by atoms with Crippen LogP contribution < -0.4 is 20.7 Å². The first-order valence-corrected chi connectivity index (χ1v) is 13.4. The minimum Gasteiger partial charge on any atom is -0.491 e. The van der Waals surface area contributed by atoms with Crippen LogP contribution in [0.5, 0.6) is 5.75 Å². The van der Waals surface area contributed by atoms with Crippen molar-refractivity contribution in [3.63, 3.8) is 0 Å². The zero-order valence-electron chi connectivity index (χ0n) is 22.7. The lowest BCUT2D eigenvalue weighted by atomic mass is 9.97. The van der Waals surface area contributed by atoms with E-state index in [-0.39, 0.29) is 37.0 Å². The molecule has 4 amide bonds. The number of ether oxygens (including phenoxy) is 2. The van der Waals surface area contributed by atoms with Crippen LogP contribution in [0.3, 0.4) is 0 Å². The summed E-state index contributed by atoms with van der Waals surface area (Å²) in [6.07, 6.45) is 1.11. The average molecular weight is 532 g/mol. The number of hydrogen-bond donors (Lipinski definition) is 3. The van der Waals surface area contributed by atoms with E-state index in [1.807, 2.05) is 13.8 Å². The fraction of sp³-hybridized carbons (Fsp3) is 0.630. The summed E-state index contributed by atoms with van der Waals surface area (Å²) in [5.41, 5.74) is 0.251. The molecule has 38 heavy (non-hydrogen) atoms. The number of nitrogens with one attached hydrogen (secondary N) is 3. The third-order valence-corrected chi connectivity index (χ3v) is 7.05. The Morgan fingerprint density at radius 3 is 2.58 bits per heavy atom. The minimum atomic E-state index is -1.12. The van der Waals surface area contributed by atoms with Gasteiger partial charge < -0.3 is 30.3 Å². The van der Waals surface area contributed by atoms with Gasteiger partial charge in [-0.3, -0.25) is 24.1 Å². The summed E-state index contributed by atoms with van der Waals surface area (Å²) in [5, 5.41) is 8.38. The van der Waals surface area contributed by atoms with Gasteiger partial charge in [-0.25, -0.2) is 0 Å². The first kappa shape index (κ1) is 29.4. The van der Waals surface area contributed by atoms with E-state index in [9.17, 15) is 19.2 Å². The van der Waals surface area contributed by atoms with Gasteiger partial charge in [0.25, 0.3) is 5.91 Å². The molecule has 0 unspecified atom stereocenters. The lowest BCUT2D eigenvalue weighted by Gasteiger charge is -2.29. The summed E-state index contributed by atoms with van der Waals surface area (Å²) in [4.78, 5) is 56.4. The molecule has 2 aliphatic heterocycles. The molecule has 3 atom stereocenters. The topological polar surface area (TPSA) is 129 Å². The quantitative estimate of drug-likeness (QED) is 0.434. The minimum absolute atomic E-state index is 0.120. The van der Waals surface area contributed by atoms with Crippen LogP contribution in [-0.2, 0) is 19.1 Å². The molecule has 3 N–H and O–H groups in total. The van der Waals surface area contributed by atoms with E-state index in [0.717, 1.165) is 26.1 Å². The van der Waals surface area contributed by atoms with Gasteiger partial charge in [0.2, 0.25) is 17.7 Å². The maximum absolute atomic E-state index is 13.2. The van der Waals surface area contributed by atoms with Crippen LogP contribution in [0.25, 0.3) is 0 Å². The number of amides is 4. The molecule has 0 aromatic heterocycles. The van der Waals surface area contributed by atoms with Gasteiger partial charge in [0.1, 0.15) is 24.4 Å². The van der Waals surface area contributed by atoms with Crippen LogP contribution in [0.4, 0.5) is 0 Å². The number of carbonyl (C=O) groups excluding carboxylic acids is 4. The van der Waals surface area contributed by atoms with Crippen molar-refractivity contribution in [2.45, 2.75) is 45.2 Å². The SMILES string of the molecule is CC[C@H](C)[C@@H]1NC(=O)C[C@@H](C(=O)NCCCN2CCOCC2)NC(=O)c2ccccc2OCCN(C)C1=O. The number of carbonyl (C=O) groups is 4. The first-order valence-electron chi connectivity index (χ1n) is 13.4. The molecule has 2 aliphatic rings. The van der Waals surface area contributed by atoms with E-state index in [1.54, 1.807) is 31.3 Å². The van der Waals surface area contributed by atoms with E-state index in [2.05, 4.69) is 20.9 Å². The average Bonchev–Trinajstić information content (AvgIpc) is 2.93. The second-order valence-corrected chi connectivity index (χ2v) is 9.86. The molecule has 1 aromatic rings. The van der Waals surface area contributed by atoms with Crippen molar-refractivity contribution in [2.24, 2.45) is 5.92 Å². The molecular weight excluding hydrogens is 490 g/mol. The standard InChI is InChI=1S/C27H41N5O6/c1-4-19(2)24-27(36)31(3)12-17-38-22-9-6-5-8-20(22)25(34)29-21(18-23(33)30-24)26(35)28-10-7-11-32-13-15-37-16-14-32/h5-6,8-9,19,21,24H,4,7,10-18H2,1-3H3,(H,28,35)(H,29,34)(H,30,33)/t19-,21-,24-/m0/s1. The Kier molecular flexibility index (Phi) is 11.3. The number of morpholine rings is 1. The van der Waals surface area contributed by atoms with Crippen molar-refractivity contribution in [1.29, 1.82) is 0 Å². The highest BCUT2D eigenvalue weighted by Crippen LogP contribution is 2.19. The zero-order chi connectivity index (χ0) is 27.5. The lowest BCUT2D eigenvalue weighted by molar-refractivity contribution is -0.137. The lowest BCUT2D eigenvalue weighted by Crippen LogP contribution is -2.54. The molecule has 210 valence electrons. The van der Waals surface area contributed by atoms with Crippen LogP contribution in [0.15, 0.2) is 24.3 Å². The normalized spacial score (nSPS) is 22.8. The fourth-order valence-corrected chi connectivity index (χ4v) is 4.43. The third kappa shape index (κ3) is 8.42. The summed E-state index contributed by atoms with van der Waals surface area (Å²) in [6, 6.07) is 4.84. The van der Waals surface area contributed by atoms with E-state index < -0.39 is 29.8 Å². The van der Waals surface area contributed by atoms with E-state index in [0.29, 0.717) is 31.9 Å². The van der Waals surface area contributed by atoms with Gasteiger partial charge >= 0.3 is 0 Å². The number of para-hydroxylation sites is 1. The number of rotatable bonds is 7. The second-order valence-electron chi connectivity index (χ2n) is 9.86. The van der Waals surface area contributed by atoms with Gasteiger partial charge in [0.05, 0.1) is 31.7 Å². The summed E-state index contributed by atoms with van der Waals surface area (Å²) in [5.74, 6) is -1.45. The summed E-state index contributed by atoms with van der Waals surface area (Å²) < 4.78 is 11.2. The molecule has 1 aromatic carbocycles. The van der Waals surface area contributed by atoms with Crippen molar-refractivity contribution < 1.29 is 28.7 Å². The van der Waals surface area contributed by atoms with Crippen molar-refractivity contribution in [3.8, 4) is 5.75 Å². The van der Waals surface area contributed by atoms with Gasteiger partial charge in [-0.15, -0.1) is 0 Å². The number of likely N-dealkylation sites (N-methyl/N-ethyl adjacent to an activating group) is 1. The largest absolute Gasteiger partial charge is 0.491 e. The van der Waals surface area contributed by atoms with Gasteiger partial charge in [0, 0.05) is 26.7 Å².